The topological polar surface area (TPSA) is 62.3 Å². The van der Waals surface area contributed by atoms with Crippen molar-refractivity contribution < 1.29 is 18.4 Å². The van der Waals surface area contributed by atoms with Gasteiger partial charge in [-0.2, -0.15) is 0 Å². The normalized spacial score (nSPS) is 15.0. The fourth-order valence-corrected chi connectivity index (χ4v) is 2.84. The highest BCUT2D eigenvalue weighted by Crippen LogP contribution is 2.15. The van der Waals surface area contributed by atoms with Crippen molar-refractivity contribution in [1.29, 1.82) is 0 Å². The van der Waals surface area contributed by atoms with Crippen molar-refractivity contribution in [3.8, 4) is 0 Å². The number of carbonyl (C=O) groups excluding carboxylic acids is 2. The Hall–Kier alpha value is -2.83. The third-order valence-corrected chi connectivity index (χ3v) is 4.22. The lowest BCUT2D eigenvalue weighted by atomic mass is 10.0. The van der Waals surface area contributed by atoms with Crippen molar-refractivity contribution >= 4 is 11.8 Å². The Balaban J connectivity index is 1.56. The van der Waals surface area contributed by atoms with Gasteiger partial charge in [0.25, 0.3) is 11.8 Å². The molecule has 7 heteroatoms. The lowest BCUT2D eigenvalue weighted by Gasteiger charge is -2.32. The molecule has 0 radical (unpaired) electrons. The first-order valence-electron chi connectivity index (χ1n) is 8.00. The second-order valence-corrected chi connectivity index (χ2v) is 5.90. The Morgan fingerprint density at radius 2 is 1.76 bits per heavy atom. The molecule has 5 nitrogen and oxygen atoms in total. The van der Waals surface area contributed by atoms with Gasteiger partial charge in [-0.3, -0.25) is 14.6 Å². The lowest BCUT2D eigenvalue weighted by molar-refractivity contribution is 0.0697. The molecule has 0 bridgehead atoms. The van der Waals surface area contributed by atoms with Gasteiger partial charge in [-0.1, -0.05) is 0 Å². The van der Waals surface area contributed by atoms with Crippen LogP contribution in [0.15, 0.2) is 42.7 Å². The molecule has 1 aliphatic rings. The third-order valence-electron chi connectivity index (χ3n) is 4.22. The van der Waals surface area contributed by atoms with E-state index in [-0.39, 0.29) is 17.5 Å². The molecule has 1 fully saturated rings. The molecule has 1 saturated heterocycles. The van der Waals surface area contributed by atoms with Crippen LogP contribution in [-0.4, -0.2) is 40.8 Å². The number of amides is 2. The SMILES string of the molecule is O=C(NC1CCN(C(=O)c2ccncc2)CC1)c1ccc(F)cc1F. The maximum Gasteiger partial charge on any atom is 0.254 e. The Morgan fingerprint density at radius 3 is 2.40 bits per heavy atom. The number of likely N-dealkylation sites (tertiary alicyclic amines) is 1. The molecule has 3 rings (SSSR count). The Labute approximate surface area is 143 Å². The summed E-state index contributed by atoms with van der Waals surface area (Å²) >= 11 is 0. The molecule has 1 aliphatic heterocycles. The largest absolute Gasteiger partial charge is 0.349 e. The highest BCUT2D eigenvalue weighted by molar-refractivity contribution is 5.95. The second-order valence-electron chi connectivity index (χ2n) is 5.90. The molecule has 25 heavy (non-hydrogen) atoms. The number of nitrogens with one attached hydrogen (secondary N) is 1. The minimum absolute atomic E-state index is 0.0724. The standard InChI is InChI=1S/C18H17F2N3O2/c19-13-1-2-15(16(20)11-13)17(24)22-14-5-9-23(10-6-14)18(25)12-3-7-21-8-4-12/h1-4,7-8,11,14H,5-6,9-10H2,(H,22,24). The van der Waals surface area contributed by atoms with Crippen LogP contribution >= 0.6 is 0 Å². The van der Waals surface area contributed by atoms with Gasteiger partial charge in [-0.05, 0) is 37.1 Å². The van der Waals surface area contributed by atoms with Gasteiger partial charge in [-0.25, -0.2) is 8.78 Å². The van der Waals surface area contributed by atoms with E-state index in [0.717, 1.165) is 12.1 Å². The molecule has 0 spiro atoms. The van der Waals surface area contributed by atoms with Crippen molar-refractivity contribution in [1.82, 2.24) is 15.2 Å². The molecule has 1 aromatic carbocycles. The average Bonchev–Trinajstić information content (AvgIpc) is 2.62. The van der Waals surface area contributed by atoms with E-state index in [1.807, 2.05) is 0 Å². The molecular formula is C18H17F2N3O2. The van der Waals surface area contributed by atoms with Crippen molar-refractivity contribution in [3.63, 3.8) is 0 Å². The maximum absolute atomic E-state index is 13.7. The summed E-state index contributed by atoms with van der Waals surface area (Å²) in [5.41, 5.74) is 0.391. The highest BCUT2D eigenvalue weighted by Gasteiger charge is 2.25. The molecule has 2 amide bonds. The molecule has 0 unspecified atom stereocenters. The van der Waals surface area contributed by atoms with E-state index in [9.17, 15) is 18.4 Å². The first-order valence-corrected chi connectivity index (χ1v) is 8.00. The summed E-state index contributed by atoms with van der Waals surface area (Å²) in [5, 5.41) is 2.75. The zero-order valence-corrected chi connectivity index (χ0v) is 13.4. The monoisotopic (exact) mass is 345 g/mol. The van der Waals surface area contributed by atoms with Gasteiger partial charge < -0.3 is 10.2 Å². The Morgan fingerprint density at radius 1 is 1.08 bits per heavy atom. The molecule has 2 aromatic rings. The van der Waals surface area contributed by atoms with Crippen molar-refractivity contribution in [3.05, 3.63) is 65.5 Å². The smallest absolute Gasteiger partial charge is 0.254 e. The van der Waals surface area contributed by atoms with E-state index in [4.69, 9.17) is 0 Å². The first kappa shape index (κ1) is 17.0. The lowest BCUT2D eigenvalue weighted by Crippen LogP contribution is -2.46. The van der Waals surface area contributed by atoms with E-state index >= 15 is 0 Å². The summed E-state index contributed by atoms with van der Waals surface area (Å²) in [6.45, 7) is 0.996. The van der Waals surface area contributed by atoms with Gasteiger partial charge in [0.1, 0.15) is 11.6 Å². The Bertz CT molecular complexity index is 775. The number of rotatable bonds is 3. The van der Waals surface area contributed by atoms with Crippen LogP contribution < -0.4 is 5.32 Å². The minimum Gasteiger partial charge on any atom is -0.349 e. The third kappa shape index (κ3) is 3.99. The molecule has 0 atom stereocenters. The van der Waals surface area contributed by atoms with E-state index in [1.54, 1.807) is 29.4 Å². The van der Waals surface area contributed by atoms with Gasteiger partial charge in [0.05, 0.1) is 5.56 Å². The molecule has 0 aliphatic carbocycles. The second kappa shape index (κ2) is 7.38. The van der Waals surface area contributed by atoms with Crippen molar-refractivity contribution in [2.45, 2.75) is 18.9 Å². The van der Waals surface area contributed by atoms with E-state index in [2.05, 4.69) is 10.3 Å². The van der Waals surface area contributed by atoms with Gasteiger partial charge >= 0.3 is 0 Å². The van der Waals surface area contributed by atoms with Gasteiger partial charge in [0.2, 0.25) is 0 Å². The van der Waals surface area contributed by atoms with Crippen LogP contribution in [0.1, 0.15) is 33.6 Å². The number of piperidine rings is 1. The van der Waals surface area contributed by atoms with Crippen LogP contribution in [0.25, 0.3) is 0 Å². The average molecular weight is 345 g/mol. The van der Waals surface area contributed by atoms with Crippen LogP contribution in [0.5, 0.6) is 0 Å². The number of benzene rings is 1. The molecule has 1 N–H and O–H groups in total. The quantitative estimate of drug-likeness (QED) is 0.929. The van der Waals surface area contributed by atoms with Crippen LogP contribution in [-0.2, 0) is 0 Å². The summed E-state index contributed by atoms with van der Waals surface area (Å²) in [5.74, 6) is -2.26. The number of halogens is 2. The van der Waals surface area contributed by atoms with Crippen LogP contribution in [0.3, 0.4) is 0 Å². The zero-order chi connectivity index (χ0) is 17.8. The maximum atomic E-state index is 13.7. The predicted octanol–water partition coefficient (Wildman–Crippen LogP) is 2.39. The summed E-state index contributed by atoms with van der Waals surface area (Å²) in [7, 11) is 0. The Kier molecular flexibility index (Phi) is 5.02. The first-order chi connectivity index (χ1) is 12.0. The molecule has 1 aromatic heterocycles. The van der Waals surface area contributed by atoms with E-state index < -0.39 is 17.5 Å². The minimum atomic E-state index is -0.886. The van der Waals surface area contributed by atoms with E-state index in [0.29, 0.717) is 37.6 Å². The summed E-state index contributed by atoms with van der Waals surface area (Å²) in [6.07, 6.45) is 4.28. The fraction of sp³-hybridized carbons (Fsp3) is 0.278. The van der Waals surface area contributed by atoms with Crippen LogP contribution in [0.4, 0.5) is 8.78 Å². The van der Waals surface area contributed by atoms with Crippen LogP contribution in [0.2, 0.25) is 0 Å². The molecular weight excluding hydrogens is 328 g/mol. The number of nitrogens with zero attached hydrogens (tertiary/aromatic N) is 2. The van der Waals surface area contributed by atoms with Crippen molar-refractivity contribution in [2.75, 3.05) is 13.1 Å². The summed E-state index contributed by atoms with van der Waals surface area (Å²) in [6, 6.07) is 6.03. The van der Waals surface area contributed by atoms with Gasteiger partial charge in [0.15, 0.2) is 0 Å². The van der Waals surface area contributed by atoms with Gasteiger partial charge in [0, 0.05) is 43.2 Å². The number of hydrogen-bond donors (Lipinski definition) is 1. The van der Waals surface area contributed by atoms with Crippen molar-refractivity contribution in [2.24, 2.45) is 0 Å². The number of pyridine rings is 1. The molecule has 0 saturated carbocycles. The predicted molar refractivity (Wildman–Crippen MR) is 87.0 cm³/mol. The van der Waals surface area contributed by atoms with E-state index in [1.165, 1.54) is 0 Å². The summed E-state index contributed by atoms with van der Waals surface area (Å²) < 4.78 is 26.6. The highest BCUT2D eigenvalue weighted by atomic mass is 19.1. The fourth-order valence-electron chi connectivity index (χ4n) is 2.84. The van der Waals surface area contributed by atoms with Gasteiger partial charge in [-0.15, -0.1) is 0 Å². The molecule has 2 heterocycles. The number of hydrogen-bond acceptors (Lipinski definition) is 3. The summed E-state index contributed by atoms with van der Waals surface area (Å²) in [4.78, 5) is 30.1. The number of carbonyl (C=O) groups is 2. The molecule has 130 valence electrons. The number of aromatic nitrogens is 1. The van der Waals surface area contributed by atoms with Crippen LogP contribution in [0, 0.1) is 11.6 Å². The zero-order valence-electron chi connectivity index (χ0n) is 13.4.